The minimum atomic E-state index is -0.173. The Morgan fingerprint density at radius 1 is 1.12 bits per heavy atom. The van der Waals surface area contributed by atoms with Crippen LogP contribution < -0.4 is 0 Å². The average molecular weight is 345 g/mol. The molecule has 0 unspecified atom stereocenters. The lowest BCUT2D eigenvalue weighted by Crippen LogP contribution is -2.77. The van der Waals surface area contributed by atoms with Gasteiger partial charge in [-0.2, -0.15) is 0 Å². The quantitative estimate of drug-likeness (QED) is 0.863. The van der Waals surface area contributed by atoms with Gasteiger partial charge in [-0.25, -0.2) is 0 Å². The highest BCUT2D eigenvalue weighted by Gasteiger charge is 2.55. The van der Waals surface area contributed by atoms with Crippen LogP contribution >= 0.6 is 0 Å². The maximum Gasteiger partial charge on any atom is 0.120 e. The first-order valence-corrected chi connectivity index (χ1v) is 9.61. The van der Waals surface area contributed by atoms with E-state index in [1.165, 1.54) is 0 Å². The summed E-state index contributed by atoms with van der Waals surface area (Å²) < 4.78 is 0. The Labute approximate surface area is 150 Å². The molecule has 1 spiro atoms. The average Bonchev–Trinajstić information content (AvgIpc) is 2.88. The molecular formula is C20H31N3O2. The molecule has 4 rings (SSSR count). The molecule has 0 aromatic heterocycles. The zero-order valence-electron chi connectivity index (χ0n) is 15.4. The number of aromatic hydroxyl groups is 1. The number of hydrogen-bond donors (Lipinski definition) is 2. The van der Waals surface area contributed by atoms with Gasteiger partial charge < -0.3 is 10.2 Å². The van der Waals surface area contributed by atoms with Crippen LogP contribution in [-0.4, -0.2) is 81.9 Å². The highest BCUT2D eigenvalue weighted by molar-refractivity contribution is 5.32. The number of para-hydroxylation sites is 1. The first-order chi connectivity index (χ1) is 11.9. The molecule has 5 nitrogen and oxygen atoms in total. The fraction of sp³-hybridized carbons (Fsp3) is 0.700. The number of aliphatic hydroxyl groups is 1. The summed E-state index contributed by atoms with van der Waals surface area (Å²) in [5.74, 6) is 1.07. The Hall–Kier alpha value is -1.14. The summed E-state index contributed by atoms with van der Waals surface area (Å²) in [6, 6.07) is 8.13. The van der Waals surface area contributed by atoms with Crippen LogP contribution in [0.4, 0.5) is 0 Å². The van der Waals surface area contributed by atoms with Crippen molar-refractivity contribution < 1.29 is 10.2 Å². The Kier molecular flexibility index (Phi) is 4.52. The predicted octanol–water partition coefficient (Wildman–Crippen LogP) is 1.35. The summed E-state index contributed by atoms with van der Waals surface area (Å²) in [6.45, 7) is 11.6. The molecule has 0 bridgehead atoms. The summed E-state index contributed by atoms with van der Waals surface area (Å²) in [5.41, 5.74) is 1.19. The predicted molar refractivity (Wildman–Crippen MR) is 98.5 cm³/mol. The number of benzene rings is 1. The van der Waals surface area contributed by atoms with Crippen molar-refractivity contribution in [3.05, 3.63) is 29.8 Å². The van der Waals surface area contributed by atoms with Crippen molar-refractivity contribution in [3.63, 3.8) is 0 Å². The molecule has 138 valence electrons. The lowest BCUT2D eigenvalue weighted by atomic mass is 9.83. The summed E-state index contributed by atoms with van der Waals surface area (Å²) >= 11 is 0. The molecule has 3 aliphatic heterocycles. The molecule has 1 aromatic carbocycles. The van der Waals surface area contributed by atoms with Crippen LogP contribution in [0.2, 0.25) is 0 Å². The van der Waals surface area contributed by atoms with Gasteiger partial charge in [-0.3, -0.25) is 14.7 Å². The molecule has 2 N–H and O–H groups in total. The highest BCUT2D eigenvalue weighted by Crippen LogP contribution is 2.40. The van der Waals surface area contributed by atoms with Crippen molar-refractivity contribution in [2.45, 2.75) is 44.5 Å². The van der Waals surface area contributed by atoms with E-state index in [1.54, 1.807) is 6.07 Å². The van der Waals surface area contributed by atoms with Crippen molar-refractivity contribution in [1.29, 1.82) is 0 Å². The molecule has 5 heteroatoms. The van der Waals surface area contributed by atoms with Crippen molar-refractivity contribution in [2.24, 2.45) is 5.92 Å². The van der Waals surface area contributed by atoms with Crippen molar-refractivity contribution in [1.82, 2.24) is 14.7 Å². The van der Waals surface area contributed by atoms with Gasteiger partial charge in [0, 0.05) is 57.4 Å². The lowest BCUT2D eigenvalue weighted by molar-refractivity contribution is -0.118. The number of phenols is 1. The van der Waals surface area contributed by atoms with Gasteiger partial charge in [0.05, 0.1) is 11.6 Å². The molecule has 3 fully saturated rings. The SMILES string of the molecule is CC(C)CN1C[C@H]2C[C@@H](O)CN2C2(C1)CN(Cc1ccccc1O)C2. The van der Waals surface area contributed by atoms with Crippen LogP contribution in [-0.2, 0) is 6.54 Å². The topological polar surface area (TPSA) is 50.2 Å². The maximum absolute atomic E-state index is 10.2. The van der Waals surface area contributed by atoms with E-state index in [1.807, 2.05) is 18.2 Å². The third-order valence-electron chi connectivity index (χ3n) is 6.03. The second kappa shape index (κ2) is 6.54. The second-order valence-electron chi connectivity index (χ2n) is 8.78. The van der Waals surface area contributed by atoms with Crippen LogP contribution in [0, 0.1) is 5.92 Å². The zero-order chi connectivity index (χ0) is 17.6. The van der Waals surface area contributed by atoms with Crippen LogP contribution in [0.25, 0.3) is 0 Å². The third-order valence-corrected chi connectivity index (χ3v) is 6.03. The van der Waals surface area contributed by atoms with Crippen LogP contribution in [0.1, 0.15) is 25.8 Å². The van der Waals surface area contributed by atoms with E-state index in [0.717, 1.165) is 57.8 Å². The minimum Gasteiger partial charge on any atom is -0.508 e. The fourth-order valence-corrected chi connectivity index (χ4v) is 5.24. The molecule has 1 aromatic rings. The number of aliphatic hydroxyl groups excluding tert-OH is 1. The summed E-state index contributed by atoms with van der Waals surface area (Å²) in [5, 5.41) is 20.2. The van der Waals surface area contributed by atoms with Gasteiger partial charge in [0.2, 0.25) is 0 Å². The largest absolute Gasteiger partial charge is 0.508 e. The highest BCUT2D eigenvalue weighted by atomic mass is 16.3. The molecule has 0 aliphatic carbocycles. The van der Waals surface area contributed by atoms with Gasteiger partial charge in [-0.1, -0.05) is 32.0 Å². The molecule has 3 aliphatic rings. The first-order valence-electron chi connectivity index (χ1n) is 9.61. The summed E-state index contributed by atoms with van der Waals surface area (Å²) in [6.07, 6.45) is 0.739. The zero-order valence-corrected chi connectivity index (χ0v) is 15.4. The number of phenolic OH excluding ortho intramolecular Hbond substituents is 1. The van der Waals surface area contributed by atoms with Crippen LogP contribution in [0.5, 0.6) is 5.75 Å². The van der Waals surface area contributed by atoms with E-state index in [9.17, 15) is 10.2 Å². The molecule has 3 saturated heterocycles. The van der Waals surface area contributed by atoms with Gasteiger partial charge in [0.1, 0.15) is 5.75 Å². The number of β-amino-alcohol motifs (C(OH)–C–C–N with tert-alkyl or cyclic N) is 1. The van der Waals surface area contributed by atoms with E-state index in [-0.39, 0.29) is 11.6 Å². The number of rotatable bonds is 4. The smallest absolute Gasteiger partial charge is 0.120 e. The van der Waals surface area contributed by atoms with Crippen molar-refractivity contribution >= 4 is 0 Å². The van der Waals surface area contributed by atoms with E-state index in [2.05, 4.69) is 28.5 Å². The Morgan fingerprint density at radius 2 is 1.84 bits per heavy atom. The van der Waals surface area contributed by atoms with Gasteiger partial charge in [-0.05, 0) is 18.4 Å². The van der Waals surface area contributed by atoms with E-state index < -0.39 is 0 Å². The molecule has 3 heterocycles. The lowest BCUT2D eigenvalue weighted by Gasteiger charge is -2.61. The molecule has 0 amide bonds. The Bertz CT molecular complexity index is 615. The van der Waals surface area contributed by atoms with Gasteiger partial charge >= 0.3 is 0 Å². The number of nitrogens with zero attached hydrogens (tertiary/aromatic N) is 3. The van der Waals surface area contributed by atoms with Gasteiger partial charge in [0.15, 0.2) is 0 Å². The number of hydrogen-bond acceptors (Lipinski definition) is 5. The van der Waals surface area contributed by atoms with E-state index in [4.69, 9.17) is 0 Å². The van der Waals surface area contributed by atoms with Crippen molar-refractivity contribution in [2.75, 3.05) is 39.3 Å². The number of fused-ring (bicyclic) bond motifs is 2. The molecule has 2 atom stereocenters. The normalized spacial score (nSPS) is 29.9. The molecule has 0 radical (unpaired) electrons. The fourth-order valence-electron chi connectivity index (χ4n) is 5.24. The Balaban J connectivity index is 1.45. The number of likely N-dealkylation sites (tertiary alicyclic amines) is 1. The van der Waals surface area contributed by atoms with Gasteiger partial charge in [-0.15, -0.1) is 0 Å². The standard InChI is InChI=1S/C20H31N3O2/c1-15(2)8-21-10-17-7-18(24)11-23(17)20(12-21)13-22(14-20)9-16-5-3-4-6-19(16)25/h3-6,15,17-18,24-25H,7-14H2,1-2H3/t17-,18-/m1/s1. The maximum atomic E-state index is 10.2. The van der Waals surface area contributed by atoms with Crippen LogP contribution in [0.15, 0.2) is 24.3 Å². The van der Waals surface area contributed by atoms with Crippen molar-refractivity contribution in [3.8, 4) is 5.75 Å². The number of piperazine rings is 1. The third kappa shape index (κ3) is 3.31. The van der Waals surface area contributed by atoms with Crippen LogP contribution in [0.3, 0.4) is 0 Å². The van der Waals surface area contributed by atoms with Gasteiger partial charge in [0.25, 0.3) is 0 Å². The summed E-state index contributed by atoms with van der Waals surface area (Å²) in [7, 11) is 0. The minimum absolute atomic E-state index is 0.173. The first kappa shape index (κ1) is 17.3. The second-order valence-corrected chi connectivity index (χ2v) is 8.78. The van der Waals surface area contributed by atoms with E-state index >= 15 is 0 Å². The molecular weight excluding hydrogens is 314 g/mol. The monoisotopic (exact) mass is 345 g/mol. The molecule has 0 saturated carbocycles. The Morgan fingerprint density at radius 3 is 2.56 bits per heavy atom. The summed E-state index contributed by atoms with van der Waals surface area (Å²) in [4.78, 5) is 7.63. The van der Waals surface area contributed by atoms with E-state index in [0.29, 0.717) is 17.7 Å². The molecule has 25 heavy (non-hydrogen) atoms.